The van der Waals surface area contributed by atoms with E-state index in [1.807, 2.05) is 90.8 Å². The zero-order valence-electron chi connectivity index (χ0n) is 28.0. The Morgan fingerprint density at radius 3 is 1.62 bits per heavy atom. The maximum atomic E-state index is 14.3. The molecule has 256 valence electrons. The predicted molar refractivity (Wildman–Crippen MR) is 183 cm³/mol. The summed E-state index contributed by atoms with van der Waals surface area (Å²) in [6.45, 7) is 7.93. The fraction of sp³-hybridized carbons (Fsp3) is 0.500. The molecule has 0 saturated carbocycles. The van der Waals surface area contributed by atoms with E-state index in [0.717, 1.165) is 42.7 Å². The monoisotopic (exact) mass is 648 g/mol. The summed E-state index contributed by atoms with van der Waals surface area (Å²) in [6.07, 6.45) is 1.10. The molecule has 1 fully saturated rings. The van der Waals surface area contributed by atoms with Gasteiger partial charge in [-0.15, -0.1) is 0 Å². The van der Waals surface area contributed by atoms with Gasteiger partial charge < -0.3 is 33.3 Å². The van der Waals surface area contributed by atoms with Gasteiger partial charge in [-0.05, 0) is 23.1 Å². The highest BCUT2D eigenvalue weighted by molar-refractivity contribution is 5.87. The van der Waals surface area contributed by atoms with Crippen LogP contribution in [0.4, 0.5) is 0 Å². The van der Waals surface area contributed by atoms with E-state index in [-0.39, 0.29) is 24.0 Å². The lowest BCUT2D eigenvalue weighted by Crippen LogP contribution is -2.41. The van der Waals surface area contributed by atoms with Crippen LogP contribution < -0.4 is 0 Å². The van der Waals surface area contributed by atoms with Gasteiger partial charge in [0.05, 0.1) is 84.1 Å². The molecule has 0 radical (unpaired) electrons. The number of hydrogen-bond acceptors (Lipinski definition) is 8. The SMILES string of the molecule is COCCOCCOCCOCCOCCO[C@H]1CCN(C[C@H](c2ccccc2)N(C)C(=O)C(c2ccccc2)c2ccccc2)C1. The summed E-state index contributed by atoms with van der Waals surface area (Å²) in [5.41, 5.74) is 3.12. The van der Waals surface area contributed by atoms with Crippen LogP contribution in [0.3, 0.4) is 0 Å². The van der Waals surface area contributed by atoms with Gasteiger partial charge in [0.2, 0.25) is 5.91 Å². The quantitative estimate of drug-likeness (QED) is 0.136. The van der Waals surface area contributed by atoms with Crippen LogP contribution in [0.15, 0.2) is 91.0 Å². The van der Waals surface area contributed by atoms with Crippen LogP contribution in [-0.4, -0.2) is 122 Å². The van der Waals surface area contributed by atoms with Crippen molar-refractivity contribution in [2.24, 2.45) is 0 Å². The van der Waals surface area contributed by atoms with E-state index in [2.05, 4.69) is 17.0 Å². The van der Waals surface area contributed by atoms with E-state index in [9.17, 15) is 4.79 Å². The maximum Gasteiger partial charge on any atom is 0.234 e. The second kappa shape index (κ2) is 21.7. The molecular formula is C38H52N2O7. The lowest BCUT2D eigenvalue weighted by molar-refractivity contribution is -0.133. The van der Waals surface area contributed by atoms with Gasteiger partial charge in [0.15, 0.2) is 0 Å². The van der Waals surface area contributed by atoms with E-state index in [0.29, 0.717) is 66.1 Å². The minimum atomic E-state index is -0.376. The van der Waals surface area contributed by atoms with E-state index in [1.165, 1.54) is 0 Å². The predicted octanol–water partition coefficient (Wildman–Crippen LogP) is 4.82. The largest absolute Gasteiger partial charge is 0.382 e. The number of likely N-dealkylation sites (tertiary alicyclic amines) is 1. The van der Waals surface area contributed by atoms with Crippen molar-refractivity contribution in [1.29, 1.82) is 0 Å². The first-order chi connectivity index (χ1) is 23.2. The molecule has 0 spiro atoms. The minimum absolute atomic E-state index is 0.0835. The summed E-state index contributed by atoms with van der Waals surface area (Å²) in [5, 5.41) is 0. The number of benzene rings is 3. The summed E-state index contributed by atoms with van der Waals surface area (Å²) in [7, 11) is 3.60. The van der Waals surface area contributed by atoms with Gasteiger partial charge in [0.25, 0.3) is 0 Å². The Kier molecular flexibility index (Phi) is 16.9. The summed E-state index contributed by atoms with van der Waals surface area (Å²) in [5.74, 6) is -0.293. The Balaban J connectivity index is 1.19. The number of carbonyl (C=O) groups is 1. The van der Waals surface area contributed by atoms with Crippen LogP contribution in [0.5, 0.6) is 0 Å². The van der Waals surface area contributed by atoms with Crippen molar-refractivity contribution >= 4 is 5.91 Å². The number of methoxy groups -OCH3 is 1. The van der Waals surface area contributed by atoms with Crippen molar-refractivity contribution in [2.75, 3.05) is 99.9 Å². The molecule has 1 aliphatic heterocycles. The normalized spacial score (nSPS) is 15.7. The van der Waals surface area contributed by atoms with E-state index >= 15 is 0 Å². The standard InChI is InChI=1S/C38H52N2O7/c1-39(38(41)37(33-14-8-4-9-15-33)34-16-10-5-11-17-34)36(32-12-6-3-7-13-32)31-40-19-18-35(30-40)47-29-28-46-27-26-45-25-24-44-23-22-43-21-20-42-2/h3-17,35-37H,18-31H2,1-2H3/t35-,36+/m0/s1. The zero-order chi connectivity index (χ0) is 32.9. The van der Waals surface area contributed by atoms with Gasteiger partial charge in [0, 0.05) is 33.8 Å². The first kappa shape index (κ1) is 36.7. The van der Waals surface area contributed by atoms with Crippen LogP contribution in [-0.2, 0) is 33.2 Å². The van der Waals surface area contributed by atoms with Crippen LogP contribution in [0.1, 0.15) is 35.1 Å². The number of likely N-dealkylation sites (N-methyl/N-ethyl adjacent to an activating group) is 1. The third-order valence-corrected chi connectivity index (χ3v) is 8.30. The van der Waals surface area contributed by atoms with Crippen molar-refractivity contribution in [2.45, 2.75) is 24.5 Å². The second-order valence-corrected chi connectivity index (χ2v) is 11.6. The smallest absolute Gasteiger partial charge is 0.234 e. The average molecular weight is 649 g/mol. The van der Waals surface area contributed by atoms with Gasteiger partial charge in [-0.3, -0.25) is 9.69 Å². The van der Waals surface area contributed by atoms with Crippen LogP contribution >= 0.6 is 0 Å². The highest BCUT2D eigenvalue weighted by Gasteiger charge is 2.33. The van der Waals surface area contributed by atoms with Crippen molar-refractivity contribution in [1.82, 2.24) is 9.80 Å². The Bertz CT molecular complexity index is 1200. The molecule has 1 saturated heterocycles. The van der Waals surface area contributed by atoms with E-state index < -0.39 is 0 Å². The van der Waals surface area contributed by atoms with Gasteiger partial charge >= 0.3 is 0 Å². The third kappa shape index (κ3) is 12.8. The maximum absolute atomic E-state index is 14.3. The Hall–Kier alpha value is -3.15. The average Bonchev–Trinajstić information content (AvgIpc) is 3.57. The number of hydrogen-bond donors (Lipinski definition) is 0. The number of ether oxygens (including phenoxy) is 6. The van der Waals surface area contributed by atoms with E-state index in [4.69, 9.17) is 28.4 Å². The van der Waals surface area contributed by atoms with Gasteiger partial charge in [-0.1, -0.05) is 91.0 Å². The third-order valence-electron chi connectivity index (χ3n) is 8.30. The Labute approximate surface area is 280 Å². The number of nitrogens with zero attached hydrogens (tertiary/aromatic N) is 2. The molecule has 1 amide bonds. The van der Waals surface area contributed by atoms with Crippen LogP contribution in [0, 0.1) is 0 Å². The number of amides is 1. The van der Waals surface area contributed by atoms with Crippen molar-refractivity contribution in [3.8, 4) is 0 Å². The second-order valence-electron chi connectivity index (χ2n) is 11.6. The van der Waals surface area contributed by atoms with Crippen molar-refractivity contribution in [3.05, 3.63) is 108 Å². The fourth-order valence-electron chi connectivity index (χ4n) is 5.77. The molecule has 1 aliphatic rings. The van der Waals surface area contributed by atoms with Gasteiger partial charge in [-0.25, -0.2) is 0 Å². The fourth-order valence-corrected chi connectivity index (χ4v) is 5.77. The first-order valence-corrected chi connectivity index (χ1v) is 16.7. The van der Waals surface area contributed by atoms with Gasteiger partial charge in [-0.2, -0.15) is 0 Å². The summed E-state index contributed by atoms with van der Waals surface area (Å²) in [4.78, 5) is 18.7. The van der Waals surface area contributed by atoms with Crippen LogP contribution in [0.2, 0.25) is 0 Å². The molecule has 0 bridgehead atoms. The molecule has 9 nitrogen and oxygen atoms in total. The van der Waals surface area contributed by atoms with Crippen LogP contribution in [0.25, 0.3) is 0 Å². The topological polar surface area (TPSA) is 78.9 Å². The molecule has 0 aromatic heterocycles. The summed E-state index contributed by atoms with van der Waals surface area (Å²) >= 11 is 0. The highest BCUT2D eigenvalue weighted by Crippen LogP contribution is 2.31. The van der Waals surface area contributed by atoms with Gasteiger partial charge in [0.1, 0.15) is 0 Å². The molecule has 4 rings (SSSR count). The molecule has 0 N–H and O–H groups in total. The van der Waals surface area contributed by atoms with Crippen molar-refractivity contribution in [3.63, 3.8) is 0 Å². The number of rotatable bonds is 23. The highest BCUT2D eigenvalue weighted by atomic mass is 16.6. The summed E-state index contributed by atoms with van der Waals surface area (Å²) in [6, 6.07) is 30.4. The summed E-state index contributed by atoms with van der Waals surface area (Å²) < 4.78 is 33.2. The molecule has 47 heavy (non-hydrogen) atoms. The molecule has 3 aromatic rings. The molecule has 9 heteroatoms. The Morgan fingerprint density at radius 1 is 0.681 bits per heavy atom. The molecule has 2 atom stereocenters. The minimum Gasteiger partial charge on any atom is -0.382 e. The van der Waals surface area contributed by atoms with Crippen molar-refractivity contribution < 1.29 is 33.2 Å². The zero-order valence-corrected chi connectivity index (χ0v) is 28.0. The molecular weight excluding hydrogens is 596 g/mol. The lowest BCUT2D eigenvalue weighted by Gasteiger charge is -2.34. The molecule has 3 aromatic carbocycles. The number of carbonyl (C=O) groups excluding carboxylic acids is 1. The lowest BCUT2D eigenvalue weighted by atomic mass is 9.89. The molecule has 1 heterocycles. The Morgan fingerprint density at radius 2 is 1.13 bits per heavy atom. The van der Waals surface area contributed by atoms with E-state index in [1.54, 1.807) is 7.11 Å². The first-order valence-electron chi connectivity index (χ1n) is 16.7. The molecule has 0 unspecified atom stereocenters. The molecule has 0 aliphatic carbocycles.